The summed E-state index contributed by atoms with van der Waals surface area (Å²) >= 11 is 0. The van der Waals surface area contributed by atoms with Gasteiger partial charge in [0.05, 0.1) is 6.20 Å². The molecule has 0 aliphatic heterocycles. The minimum absolute atomic E-state index is 0.522. The van der Waals surface area contributed by atoms with Gasteiger partial charge in [0.25, 0.3) is 0 Å². The minimum atomic E-state index is 0.522. The zero-order valence-electron chi connectivity index (χ0n) is 5.47. The molecular formula is C5H4N6. The van der Waals surface area contributed by atoms with Gasteiger partial charge < -0.3 is 0 Å². The molecule has 11 heavy (non-hydrogen) atoms. The fourth-order valence-electron chi connectivity index (χ4n) is 0.681. The molecule has 0 fully saturated rings. The molecule has 6 heteroatoms. The minimum Gasteiger partial charge on any atom is -0.225 e. The number of aromatic nitrogens is 6. The van der Waals surface area contributed by atoms with Crippen molar-refractivity contribution in [3.8, 4) is 11.5 Å². The number of nitrogens with zero attached hydrogens (tertiary/aromatic N) is 5. The Morgan fingerprint density at radius 3 is 2.64 bits per heavy atom. The Morgan fingerprint density at radius 2 is 2.00 bits per heavy atom. The van der Waals surface area contributed by atoms with E-state index >= 15 is 0 Å². The first kappa shape index (κ1) is 5.90. The van der Waals surface area contributed by atoms with Crippen LogP contribution in [0.15, 0.2) is 18.9 Å². The van der Waals surface area contributed by atoms with Crippen LogP contribution in [0.5, 0.6) is 0 Å². The normalized spacial score (nSPS) is 9.82. The van der Waals surface area contributed by atoms with Crippen LogP contribution in [0.3, 0.4) is 0 Å². The van der Waals surface area contributed by atoms with E-state index in [0.29, 0.717) is 11.5 Å². The van der Waals surface area contributed by atoms with Crippen LogP contribution in [0.2, 0.25) is 0 Å². The lowest BCUT2D eigenvalue weighted by molar-refractivity contribution is 0.935. The molecule has 2 rings (SSSR count). The Hall–Kier alpha value is -1.85. The molecule has 0 saturated heterocycles. The Labute approximate surface area is 61.7 Å². The molecule has 2 aromatic heterocycles. The van der Waals surface area contributed by atoms with Crippen molar-refractivity contribution < 1.29 is 0 Å². The summed E-state index contributed by atoms with van der Waals surface area (Å²) in [5.74, 6) is 0.522. The molecule has 2 heterocycles. The van der Waals surface area contributed by atoms with E-state index in [1.54, 1.807) is 6.20 Å². The van der Waals surface area contributed by atoms with Crippen LogP contribution in [0.25, 0.3) is 11.5 Å². The molecule has 0 radical (unpaired) electrons. The standard InChI is InChI=1S/C5H4N6/c1-4(10-11-9-1)5-7-2-6-3-8-5/h1-3H,(H,9,10,11). The number of hydrogen-bond donors (Lipinski definition) is 1. The molecule has 0 aliphatic rings. The second kappa shape index (κ2) is 2.41. The molecule has 2 aromatic rings. The average Bonchev–Trinajstić information content (AvgIpc) is 2.58. The van der Waals surface area contributed by atoms with Crippen LogP contribution in [0.4, 0.5) is 0 Å². The van der Waals surface area contributed by atoms with E-state index in [1.807, 2.05) is 0 Å². The molecule has 6 nitrogen and oxygen atoms in total. The van der Waals surface area contributed by atoms with Crippen LogP contribution < -0.4 is 0 Å². The third-order valence-corrected chi connectivity index (χ3v) is 1.14. The first-order valence-electron chi connectivity index (χ1n) is 2.95. The van der Waals surface area contributed by atoms with Crippen molar-refractivity contribution >= 4 is 0 Å². The fraction of sp³-hybridized carbons (Fsp3) is 0. The van der Waals surface area contributed by atoms with Gasteiger partial charge in [-0.15, -0.1) is 0 Å². The number of hydrogen-bond acceptors (Lipinski definition) is 5. The van der Waals surface area contributed by atoms with Crippen LogP contribution in [-0.2, 0) is 0 Å². The Kier molecular flexibility index (Phi) is 1.29. The van der Waals surface area contributed by atoms with Gasteiger partial charge in [-0.3, -0.25) is 0 Å². The second-order valence-corrected chi connectivity index (χ2v) is 1.82. The van der Waals surface area contributed by atoms with Gasteiger partial charge in [-0.05, 0) is 0 Å². The quantitative estimate of drug-likeness (QED) is 0.598. The van der Waals surface area contributed by atoms with Gasteiger partial charge in [0.1, 0.15) is 18.3 Å². The molecule has 0 bridgehead atoms. The van der Waals surface area contributed by atoms with Crippen LogP contribution >= 0.6 is 0 Å². The number of aromatic amines is 1. The molecule has 0 aromatic carbocycles. The van der Waals surface area contributed by atoms with Gasteiger partial charge in [-0.2, -0.15) is 15.4 Å². The van der Waals surface area contributed by atoms with Crippen molar-refractivity contribution in [1.29, 1.82) is 0 Å². The van der Waals surface area contributed by atoms with Crippen LogP contribution in [0.1, 0.15) is 0 Å². The van der Waals surface area contributed by atoms with Gasteiger partial charge in [0.15, 0.2) is 5.82 Å². The van der Waals surface area contributed by atoms with Gasteiger partial charge in [0.2, 0.25) is 0 Å². The molecule has 0 aliphatic carbocycles. The molecule has 0 unspecified atom stereocenters. The van der Waals surface area contributed by atoms with E-state index < -0.39 is 0 Å². The van der Waals surface area contributed by atoms with E-state index in [2.05, 4.69) is 30.4 Å². The Morgan fingerprint density at radius 1 is 1.18 bits per heavy atom. The third kappa shape index (κ3) is 1.05. The maximum atomic E-state index is 3.88. The lowest BCUT2D eigenvalue weighted by Gasteiger charge is -1.88. The van der Waals surface area contributed by atoms with E-state index in [1.165, 1.54) is 12.7 Å². The van der Waals surface area contributed by atoms with Crippen LogP contribution in [0, 0.1) is 0 Å². The second-order valence-electron chi connectivity index (χ2n) is 1.82. The summed E-state index contributed by atoms with van der Waals surface area (Å²) in [6.07, 6.45) is 4.38. The van der Waals surface area contributed by atoms with Gasteiger partial charge in [-0.25, -0.2) is 15.0 Å². The summed E-state index contributed by atoms with van der Waals surface area (Å²) in [5.41, 5.74) is 0.618. The smallest absolute Gasteiger partial charge is 0.184 e. The first-order valence-corrected chi connectivity index (χ1v) is 2.95. The van der Waals surface area contributed by atoms with Crippen molar-refractivity contribution in [3.05, 3.63) is 18.9 Å². The fourth-order valence-corrected chi connectivity index (χ4v) is 0.681. The van der Waals surface area contributed by atoms with Crippen molar-refractivity contribution in [2.45, 2.75) is 0 Å². The highest BCUT2D eigenvalue weighted by Gasteiger charge is 2.00. The van der Waals surface area contributed by atoms with Gasteiger partial charge >= 0.3 is 0 Å². The largest absolute Gasteiger partial charge is 0.225 e. The van der Waals surface area contributed by atoms with E-state index in [9.17, 15) is 0 Å². The maximum Gasteiger partial charge on any atom is 0.184 e. The van der Waals surface area contributed by atoms with Gasteiger partial charge in [-0.1, -0.05) is 0 Å². The van der Waals surface area contributed by atoms with E-state index in [-0.39, 0.29) is 0 Å². The van der Waals surface area contributed by atoms with Crippen molar-refractivity contribution in [3.63, 3.8) is 0 Å². The Bertz CT molecular complexity index is 314. The summed E-state index contributed by atoms with van der Waals surface area (Å²) in [6.45, 7) is 0. The number of H-pyrrole nitrogens is 1. The average molecular weight is 148 g/mol. The predicted molar refractivity (Wildman–Crippen MR) is 35.2 cm³/mol. The molecular weight excluding hydrogens is 144 g/mol. The monoisotopic (exact) mass is 148 g/mol. The molecule has 0 spiro atoms. The SMILES string of the molecule is c1ncnc(-c2cn[nH]n2)n1. The predicted octanol–water partition coefficient (Wildman–Crippen LogP) is -0.343. The highest BCUT2D eigenvalue weighted by atomic mass is 15.3. The highest BCUT2D eigenvalue weighted by Crippen LogP contribution is 2.04. The topological polar surface area (TPSA) is 80.2 Å². The summed E-state index contributed by atoms with van der Waals surface area (Å²) in [5, 5.41) is 9.89. The lowest BCUT2D eigenvalue weighted by atomic mass is 10.4. The number of nitrogens with one attached hydrogen (secondary N) is 1. The molecule has 1 N–H and O–H groups in total. The molecule has 0 saturated carbocycles. The summed E-state index contributed by atoms with van der Waals surface area (Å²) in [7, 11) is 0. The summed E-state index contributed by atoms with van der Waals surface area (Å²) in [6, 6.07) is 0. The molecule has 54 valence electrons. The van der Waals surface area contributed by atoms with Crippen LogP contribution in [-0.4, -0.2) is 30.4 Å². The summed E-state index contributed by atoms with van der Waals surface area (Å²) in [4.78, 5) is 11.4. The third-order valence-electron chi connectivity index (χ3n) is 1.14. The molecule has 0 atom stereocenters. The van der Waals surface area contributed by atoms with Crippen molar-refractivity contribution in [2.75, 3.05) is 0 Å². The number of rotatable bonds is 1. The first-order chi connectivity index (χ1) is 5.47. The maximum absolute atomic E-state index is 3.88. The lowest BCUT2D eigenvalue weighted by Crippen LogP contribution is -1.88. The van der Waals surface area contributed by atoms with E-state index in [4.69, 9.17) is 0 Å². The Balaban J connectivity index is 2.46. The summed E-state index contributed by atoms with van der Waals surface area (Å²) < 4.78 is 0. The molecule has 0 amide bonds. The van der Waals surface area contributed by atoms with Gasteiger partial charge in [0, 0.05) is 0 Å². The van der Waals surface area contributed by atoms with E-state index in [0.717, 1.165) is 0 Å². The highest BCUT2D eigenvalue weighted by molar-refractivity contribution is 5.44. The van der Waals surface area contributed by atoms with Crippen molar-refractivity contribution in [1.82, 2.24) is 30.4 Å². The zero-order valence-corrected chi connectivity index (χ0v) is 5.47. The zero-order chi connectivity index (χ0) is 7.52. The van der Waals surface area contributed by atoms with Crippen molar-refractivity contribution in [2.24, 2.45) is 0 Å².